The lowest BCUT2D eigenvalue weighted by Gasteiger charge is -2.31. The molecule has 6 heteroatoms. The molecular formula is C26H26FN3O2. The van der Waals surface area contributed by atoms with Crippen molar-refractivity contribution in [2.75, 3.05) is 13.1 Å². The maximum absolute atomic E-state index is 13.3. The summed E-state index contributed by atoms with van der Waals surface area (Å²) >= 11 is 0. The molecule has 0 unspecified atom stereocenters. The summed E-state index contributed by atoms with van der Waals surface area (Å²) in [4.78, 5) is 32.1. The van der Waals surface area contributed by atoms with Crippen molar-refractivity contribution >= 4 is 11.8 Å². The third-order valence-corrected chi connectivity index (χ3v) is 5.97. The van der Waals surface area contributed by atoms with Gasteiger partial charge in [0.05, 0.1) is 11.3 Å². The lowest BCUT2D eigenvalue weighted by Crippen LogP contribution is -2.43. The topological polar surface area (TPSA) is 62.3 Å². The Hall–Kier alpha value is -3.54. The smallest absolute Gasteiger partial charge is 0.256 e. The number of aryl methyl sites for hydroxylation is 1. The summed E-state index contributed by atoms with van der Waals surface area (Å²) in [6.45, 7) is 3.42. The van der Waals surface area contributed by atoms with Gasteiger partial charge in [-0.1, -0.05) is 36.4 Å². The van der Waals surface area contributed by atoms with E-state index in [1.165, 1.54) is 12.1 Å². The molecule has 1 aromatic heterocycles. The zero-order valence-electron chi connectivity index (χ0n) is 18.1. The van der Waals surface area contributed by atoms with Gasteiger partial charge in [0.1, 0.15) is 5.82 Å². The van der Waals surface area contributed by atoms with Crippen LogP contribution in [0.15, 0.2) is 66.9 Å². The second-order valence-corrected chi connectivity index (χ2v) is 8.13. The van der Waals surface area contributed by atoms with Gasteiger partial charge in [0, 0.05) is 37.3 Å². The molecule has 1 aliphatic rings. The molecule has 4 rings (SSSR count). The van der Waals surface area contributed by atoms with E-state index >= 15 is 0 Å². The molecule has 2 amide bonds. The van der Waals surface area contributed by atoms with Crippen LogP contribution in [0, 0.1) is 18.7 Å². The average molecular weight is 432 g/mol. The van der Waals surface area contributed by atoms with Gasteiger partial charge < -0.3 is 10.2 Å². The maximum Gasteiger partial charge on any atom is 0.256 e. The minimum Gasteiger partial charge on any atom is -0.352 e. The highest BCUT2D eigenvalue weighted by molar-refractivity contribution is 6.00. The molecule has 0 radical (unpaired) electrons. The Labute approximate surface area is 187 Å². The summed E-state index contributed by atoms with van der Waals surface area (Å²) in [6.07, 6.45) is 2.93. The number of aromatic nitrogens is 1. The van der Waals surface area contributed by atoms with Crippen LogP contribution >= 0.6 is 0 Å². The van der Waals surface area contributed by atoms with Crippen LogP contribution in [0.5, 0.6) is 0 Å². The number of carbonyl (C=O) groups is 2. The van der Waals surface area contributed by atoms with Crippen LogP contribution in [-0.4, -0.2) is 34.8 Å². The molecule has 164 valence electrons. The Kier molecular flexibility index (Phi) is 6.59. The summed E-state index contributed by atoms with van der Waals surface area (Å²) in [7, 11) is 0. The first kappa shape index (κ1) is 21.7. The van der Waals surface area contributed by atoms with Gasteiger partial charge in [-0.25, -0.2) is 4.39 Å². The summed E-state index contributed by atoms with van der Waals surface area (Å²) in [5.41, 5.74) is 4.15. The maximum atomic E-state index is 13.3. The lowest BCUT2D eigenvalue weighted by atomic mass is 9.94. The van der Waals surface area contributed by atoms with Crippen molar-refractivity contribution in [1.29, 1.82) is 0 Å². The monoisotopic (exact) mass is 431 g/mol. The molecule has 1 fully saturated rings. The Morgan fingerprint density at radius 3 is 2.47 bits per heavy atom. The van der Waals surface area contributed by atoms with Crippen LogP contribution in [0.1, 0.15) is 34.3 Å². The first-order valence-corrected chi connectivity index (χ1v) is 10.9. The predicted octanol–water partition coefficient (Wildman–Crippen LogP) is 4.36. The van der Waals surface area contributed by atoms with Gasteiger partial charge in [-0.05, 0) is 55.2 Å². The molecule has 2 heterocycles. The molecule has 32 heavy (non-hydrogen) atoms. The fourth-order valence-electron chi connectivity index (χ4n) is 4.08. The van der Waals surface area contributed by atoms with E-state index < -0.39 is 0 Å². The van der Waals surface area contributed by atoms with Crippen molar-refractivity contribution in [2.45, 2.75) is 26.3 Å². The number of halogens is 1. The summed E-state index contributed by atoms with van der Waals surface area (Å²) in [6, 6.07) is 17.6. The largest absolute Gasteiger partial charge is 0.352 e. The number of rotatable bonds is 5. The van der Waals surface area contributed by atoms with Gasteiger partial charge in [0.15, 0.2) is 0 Å². The zero-order valence-corrected chi connectivity index (χ0v) is 18.1. The van der Waals surface area contributed by atoms with E-state index in [2.05, 4.69) is 10.3 Å². The minimum absolute atomic E-state index is 0.0246. The van der Waals surface area contributed by atoms with Crippen LogP contribution < -0.4 is 5.32 Å². The van der Waals surface area contributed by atoms with Crippen molar-refractivity contribution < 1.29 is 14.0 Å². The van der Waals surface area contributed by atoms with Crippen LogP contribution in [-0.2, 0) is 11.3 Å². The number of benzene rings is 2. The van der Waals surface area contributed by atoms with E-state index in [4.69, 9.17) is 0 Å². The third-order valence-electron chi connectivity index (χ3n) is 5.97. The highest BCUT2D eigenvalue weighted by Crippen LogP contribution is 2.27. The first-order chi connectivity index (χ1) is 15.5. The molecule has 5 nitrogen and oxygen atoms in total. The number of nitrogens with zero attached hydrogens (tertiary/aromatic N) is 2. The number of carbonyl (C=O) groups excluding carboxylic acids is 2. The van der Waals surface area contributed by atoms with Gasteiger partial charge in [-0.3, -0.25) is 14.6 Å². The van der Waals surface area contributed by atoms with Gasteiger partial charge >= 0.3 is 0 Å². The van der Waals surface area contributed by atoms with Crippen molar-refractivity contribution in [3.63, 3.8) is 0 Å². The van der Waals surface area contributed by atoms with E-state index in [9.17, 15) is 14.0 Å². The normalized spacial score (nSPS) is 14.2. The molecule has 0 atom stereocenters. The SMILES string of the molecule is Cc1ccccc1-c1ncccc1C(=O)N1CCC(C(=O)NCc2ccc(F)cc2)CC1. The number of amides is 2. The molecule has 1 N–H and O–H groups in total. The van der Waals surface area contributed by atoms with E-state index in [0.29, 0.717) is 43.7 Å². The van der Waals surface area contributed by atoms with Crippen molar-refractivity contribution in [2.24, 2.45) is 5.92 Å². The summed E-state index contributed by atoms with van der Waals surface area (Å²) < 4.78 is 13.0. The van der Waals surface area contributed by atoms with Gasteiger partial charge in [0.2, 0.25) is 5.91 Å². The predicted molar refractivity (Wildman–Crippen MR) is 121 cm³/mol. The highest BCUT2D eigenvalue weighted by Gasteiger charge is 2.29. The van der Waals surface area contributed by atoms with Crippen LogP contribution in [0.2, 0.25) is 0 Å². The molecule has 0 aliphatic carbocycles. The van der Waals surface area contributed by atoms with Gasteiger partial charge in [-0.15, -0.1) is 0 Å². The average Bonchev–Trinajstić information content (AvgIpc) is 2.83. The number of hydrogen-bond donors (Lipinski definition) is 1. The molecular weight excluding hydrogens is 405 g/mol. The Morgan fingerprint density at radius 2 is 1.75 bits per heavy atom. The van der Waals surface area contributed by atoms with E-state index in [1.807, 2.05) is 42.2 Å². The van der Waals surface area contributed by atoms with Crippen LogP contribution in [0.3, 0.4) is 0 Å². The minimum atomic E-state index is -0.295. The molecule has 2 aromatic carbocycles. The quantitative estimate of drug-likeness (QED) is 0.653. The molecule has 3 aromatic rings. The van der Waals surface area contributed by atoms with E-state index in [1.54, 1.807) is 24.4 Å². The summed E-state index contributed by atoms with van der Waals surface area (Å²) in [5.74, 6) is -0.509. The van der Waals surface area contributed by atoms with Crippen molar-refractivity contribution in [1.82, 2.24) is 15.2 Å². The third kappa shape index (κ3) is 4.85. The number of piperidine rings is 1. The second-order valence-electron chi connectivity index (χ2n) is 8.13. The fraction of sp³-hybridized carbons (Fsp3) is 0.269. The van der Waals surface area contributed by atoms with Crippen molar-refractivity contribution in [3.8, 4) is 11.3 Å². The second kappa shape index (κ2) is 9.73. The molecule has 0 saturated carbocycles. The Balaban J connectivity index is 1.37. The van der Waals surface area contributed by atoms with E-state index in [-0.39, 0.29) is 23.5 Å². The number of likely N-dealkylation sites (tertiary alicyclic amines) is 1. The first-order valence-electron chi connectivity index (χ1n) is 10.9. The standard InChI is InChI=1S/C26H26FN3O2/c1-18-5-2-3-6-22(18)24-23(7-4-14-28-24)26(32)30-15-12-20(13-16-30)25(31)29-17-19-8-10-21(27)11-9-19/h2-11,14,20H,12-13,15-17H2,1H3,(H,29,31). The molecule has 0 spiro atoms. The molecule has 0 bridgehead atoms. The number of pyridine rings is 1. The fourth-order valence-corrected chi connectivity index (χ4v) is 4.08. The van der Waals surface area contributed by atoms with Crippen LogP contribution in [0.4, 0.5) is 4.39 Å². The molecule has 1 saturated heterocycles. The van der Waals surface area contributed by atoms with Crippen LogP contribution in [0.25, 0.3) is 11.3 Å². The van der Waals surface area contributed by atoms with Gasteiger partial charge in [0.25, 0.3) is 5.91 Å². The zero-order chi connectivity index (χ0) is 22.5. The Bertz CT molecular complexity index is 1110. The lowest BCUT2D eigenvalue weighted by molar-refractivity contribution is -0.126. The van der Waals surface area contributed by atoms with Crippen molar-refractivity contribution in [3.05, 3.63) is 89.4 Å². The Morgan fingerprint density at radius 1 is 1.03 bits per heavy atom. The summed E-state index contributed by atoms with van der Waals surface area (Å²) in [5, 5.41) is 2.93. The number of nitrogens with one attached hydrogen (secondary N) is 1. The highest BCUT2D eigenvalue weighted by atomic mass is 19.1. The number of hydrogen-bond acceptors (Lipinski definition) is 3. The molecule has 1 aliphatic heterocycles. The van der Waals surface area contributed by atoms with Gasteiger partial charge in [-0.2, -0.15) is 0 Å². The van der Waals surface area contributed by atoms with E-state index in [0.717, 1.165) is 16.7 Å².